The number of rotatable bonds is 3. The van der Waals surface area contributed by atoms with Crippen molar-refractivity contribution < 1.29 is 9.84 Å². The van der Waals surface area contributed by atoms with Crippen molar-refractivity contribution in [1.82, 2.24) is 5.32 Å². The van der Waals surface area contributed by atoms with Gasteiger partial charge in [0.05, 0.1) is 18.8 Å². The summed E-state index contributed by atoms with van der Waals surface area (Å²) in [5, 5.41) is 12.8. The molecule has 1 heterocycles. The molecule has 0 spiro atoms. The lowest BCUT2D eigenvalue weighted by atomic mass is 9.93. The van der Waals surface area contributed by atoms with E-state index in [9.17, 15) is 5.11 Å². The lowest BCUT2D eigenvalue weighted by molar-refractivity contribution is -0.00818. The van der Waals surface area contributed by atoms with Crippen molar-refractivity contribution in [3.63, 3.8) is 0 Å². The zero-order valence-corrected chi connectivity index (χ0v) is 7.38. The lowest BCUT2D eigenvalue weighted by Crippen LogP contribution is -2.55. The third-order valence-electron chi connectivity index (χ3n) is 2.71. The van der Waals surface area contributed by atoms with Crippen LogP contribution >= 0.6 is 0 Å². The average molecular weight is 171 g/mol. The third kappa shape index (κ3) is 1.79. The van der Waals surface area contributed by atoms with Gasteiger partial charge in [-0.2, -0.15) is 0 Å². The molecule has 0 aromatic heterocycles. The van der Waals surface area contributed by atoms with Crippen LogP contribution in [0.1, 0.15) is 25.7 Å². The molecule has 1 aliphatic heterocycles. The van der Waals surface area contributed by atoms with Crippen LogP contribution in [-0.4, -0.2) is 36.5 Å². The Bertz CT molecular complexity index is 151. The van der Waals surface area contributed by atoms with Crippen LogP contribution in [0.5, 0.6) is 0 Å². The fraction of sp³-hybridized carbons (Fsp3) is 1.00. The molecule has 2 fully saturated rings. The van der Waals surface area contributed by atoms with Crippen molar-refractivity contribution in [1.29, 1.82) is 0 Å². The molecule has 3 nitrogen and oxygen atoms in total. The Balaban J connectivity index is 1.90. The highest BCUT2D eigenvalue weighted by molar-refractivity contribution is 4.96. The normalized spacial score (nSPS) is 36.8. The molecule has 0 amide bonds. The molecule has 2 aliphatic rings. The van der Waals surface area contributed by atoms with Gasteiger partial charge < -0.3 is 15.2 Å². The van der Waals surface area contributed by atoms with Gasteiger partial charge in [0.1, 0.15) is 0 Å². The second-order valence-electron chi connectivity index (χ2n) is 4.01. The number of aliphatic hydroxyl groups excluding tert-OH is 1. The molecule has 0 bridgehead atoms. The molecular formula is C9H17NO2. The minimum absolute atomic E-state index is 0.112. The lowest BCUT2D eigenvalue weighted by Gasteiger charge is -2.36. The zero-order valence-electron chi connectivity index (χ0n) is 7.38. The summed E-state index contributed by atoms with van der Waals surface area (Å²) >= 11 is 0. The maximum absolute atomic E-state index is 9.28. The van der Waals surface area contributed by atoms with E-state index in [1.54, 1.807) is 0 Å². The molecule has 1 atom stereocenters. The van der Waals surface area contributed by atoms with Crippen LogP contribution in [0.25, 0.3) is 0 Å². The minimum atomic E-state index is -0.112. The van der Waals surface area contributed by atoms with E-state index < -0.39 is 0 Å². The molecular weight excluding hydrogens is 154 g/mol. The van der Waals surface area contributed by atoms with E-state index in [-0.39, 0.29) is 12.1 Å². The molecule has 0 radical (unpaired) electrons. The largest absolute Gasteiger partial charge is 0.394 e. The van der Waals surface area contributed by atoms with Crippen molar-refractivity contribution in [2.75, 3.05) is 19.8 Å². The molecule has 1 saturated carbocycles. The molecule has 2 N–H and O–H groups in total. The zero-order chi connectivity index (χ0) is 8.44. The summed E-state index contributed by atoms with van der Waals surface area (Å²) in [4.78, 5) is 0. The summed E-state index contributed by atoms with van der Waals surface area (Å²) in [6.07, 6.45) is 4.66. The van der Waals surface area contributed by atoms with E-state index in [0.29, 0.717) is 12.6 Å². The highest BCUT2D eigenvalue weighted by atomic mass is 16.5. The standard InChI is InChI=1S/C9H17NO2/c11-6-9(10-8-2-3-8)4-1-5-12-7-9/h8,10-11H,1-7H2. The van der Waals surface area contributed by atoms with E-state index in [0.717, 1.165) is 19.4 Å². The van der Waals surface area contributed by atoms with Crippen molar-refractivity contribution >= 4 is 0 Å². The van der Waals surface area contributed by atoms with Crippen molar-refractivity contribution in [2.45, 2.75) is 37.3 Å². The smallest absolute Gasteiger partial charge is 0.0670 e. The summed E-state index contributed by atoms with van der Waals surface area (Å²) in [5.74, 6) is 0. The van der Waals surface area contributed by atoms with E-state index in [2.05, 4.69) is 5.32 Å². The molecule has 12 heavy (non-hydrogen) atoms. The van der Waals surface area contributed by atoms with Gasteiger partial charge >= 0.3 is 0 Å². The fourth-order valence-corrected chi connectivity index (χ4v) is 1.80. The van der Waals surface area contributed by atoms with E-state index in [1.165, 1.54) is 12.8 Å². The summed E-state index contributed by atoms with van der Waals surface area (Å²) in [6, 6.07) is 0.652. The highest BCUT2D eigenvalue weighted by Gasteiger charge is 2.37. The summed E-state index contributed by atoms with van der Waals surface area (Å²) in [7, 11) is 0. The Morgan fingerprint density at radius 2 is 2.33 bits per heavy atom. The van der Waals surface area contributed by atoms with E-state index in [4.69, 9.17) is 4.74 Å². The van der Waals surface area contributed by atoms with Crippen molar-refractivity contribution in [2.24, 2.45) is 0 Å². The first-order valence-electron chi connectivity index (χ1n) is 4.81. The SMILES string of the molecule is OCC1(NC2CC2)CCCOC1. The Morgan fingerprint density at radius 1 is 1.50 bits per heavy atom. The Morgan fingerprint density at radius 3 is 2.83 bits per heavy atom. The van der Waals surface area contributed by atoms with Gasteiger partial charge in [-0.25, -0.2) is 0 Å². The number of ether oxygens (including phenoxy) is 1. The van der Waals surface area contributed by atoms with Gasteiger partial charge in [0.25, 0.3) is 0 Å². The highest BCUT2D eigenvalue weighted by Crippen LogP contribution is 2.26. The van der Waals surface area contributed by atoms with Gasteiger partial charge in [-0.3, -0.25) is 0 Å². The van der Waals surface area contributed by atoms with Crippen LogP contribution < -0.4 is 5.32 Å². The molecule has 3 heteroatoms. The third-order valence-corrected chi connectivity index (χ3v) is 2.71. The van der Waals surface area contributed by atoms with Crippen LogP contribution in [-0.2, 0) is 4.74 Å². The molecule has 1 saturated heterocycles. The van der Waals surface area contributed by atoms with Crippen LogP contribution in [0.3, 0.4) is 0 Å². The van der Waals surface area contributed by atoms with Crippen LogP contribution in [0.4, 0.5) is 0 Å². The first-order valence-corrected chi connectivity index (χ1v) is 4.81. The van der Waals surface area contributed by atoms with E-state index >= 15 is 0 Å². The van der Waals surface area contributed by atoms with Crippen molar-refractivity contribution in [3.05, 3.63) is 0 Å². The molecule has 1 unspecified atom stereocenters. The Kier molecular flexibility index (Phi) is 2.35. The Labute approximate surface area is 73.1 Å². The van der Waals surface area contributed by atoms with Gasteiger partial charge in [0.15, 0.2) is 0 Å². The summed E-state index contributed by atoms with van der Waals surface area (Å²) < 4.78 is 5.38. The van der Waals surface area contributed by atoms with Gasteiger partial charge in [-0.05, 0) is 25.7 Å². The minimum Gasteiger partial charge on any atom is -0.394 e. The molecule has 70 valence electrons. The summed E-state index contributed by atoms with van der Waals surface area (Å²) in [5.41, 5.74) is -0.112. The first kappa shape index (κ1) is 8.48. The van der Waals surface area contributed by atoms with Crippen LogP contribution in [0.2, 0.25) is 0 Å². The van der Waals surface area contributed by atoms with Gasteiger partial charge in [0.2, 0.25) is 0 Å². The molecule has 0 aromatic rings. The average Bonchev–Trinajstić information content (AvgIpc) is 2.90. The van der Waals surface area contributed by atoms with Gasteiger partial charge in [-0.1, -0.05) is 0 Å². The number of nitrogens with one attached hydrogen (secondary N) is 1. The van der Waals surface area contributed by atoms with Gasteiger partial charge in [0, 0.05) is 12.6 Å². The van der Waals surface area contributed by atoms with Gasteiger partial charge in [-0.15, -0.1) is 0 Å². The predicted molar refractivity (Wildman–Crippen MR) is 46.0 cm³/mol. The Hall–Kier alpha value is -0.120. The quantitative estimate of drug-likeness (QED) is 0.641. The number of hydrogen-bond donors (Lipinski definition) is 2. The summed E-state index contributed by atoms with van der Waals surface area (Å²) in [6.45, 7) is 1.75. The first-order chi connectivity index (χ1) is 5.85. The predicted octanol–water partition coefficient (Wildman–Crippen LogP) is 0.280. The second-order valence-corrected chi connectivity index (χ2v) is 4.01. The number of hydrogen-bond acceptors (Lipinski definition) is 3. The number of aliphatic hydroxyl groups is 1. The van der Waals surface area contributed by atoms with E-state index in [1.807, 2.05) is 0 Å². The molecule has 0 aromatic carbocycles. The maximum Gasteiger partial charge on any atom is 0.0670 e. The van der Waals surface area contributed by atoms with Crippen LogP contribution in [0.15, 0.2) is 0 Å². The van der Waals surface area contributed by atoms with Crippen molar-refractivity contribution in [3.8, 4) is 0 Å². The fourth-order valence-electron chi connectivity index (χ4n) is 1.80. The molecule has 1 aliphatic carbocycles. The second kappa shape index (κ2) is 3.32. The monoisotopic (exact) mass is 171 g/mol. The maximum atomic E-state index is 9.28. The molecule has 2 rings (SSSR count). The topological polar surface area (TPSA) is 41.5 Å². The van der Waals surface area contributed by atoms with Crippen LogP contribution in [0, 0.1) is 0 Å².